The molecule has 0 aromatic heterocycles. The molecule has 0 saturated heterocycles. The van der Waals surface area contributed by atoms with Gasteiger partial charge in [-0.15, -0.1) is 0 Å². The number of esters is 2. The number of quaternary nitrogens is 1. The van der Waals surface area contributed by atoms with Crippen LogP contribution in [0.25, 0.3) is 0 Å². The first kappa shape index (κ1) is 53.7. The third-order valence-electron chi connectivity index (χ3n) is 9.00. The van der Waals surface area contributed by atoms with Gasteiger partial charge in [-0.25, -0.2) is 4.57 Å². The molecule has 56 heavy (non-hydrogen) atoms. The highest BCUT2D eigenvalue weighted by Crippen LogP contribution is 2.43. The van der Waals surface area contributed by atoms with E-state index in [9.17, 15) is 19.0 Å². The third-order valence-corrected chi connectivity index (χ3v) is 9.99. The standard InChI is InChI=1S/C46H82NO8P/c1-6-8-10-12-14-16-18-20-22-23-25-26-28-30-32-34-36-38-45(48)52-42-44(43-54-56(50,51)53-41-40-47(3,4)5)55-46(49)39-37-35-33-31-29-27-24-21-19-17-15-13-11-9-7-2/h10,12,16,18,22-23,26,28-29,31,44H,6-9,11,13-15,17,19-21,24-25,27,30,32-43H2,1-5H3/p+1/b12-10+,18-16+,23-22+,28-26+,31-29+/t44-/m1/s1. The molecule has 0 fully saturated rings. The predicted octanol–water partition coefficient (Wildman–Crippen LogP) is 12.5. The van der Waals surface area contributed by atoms with Crippen molar-refractivity contribution < 1.29 is 42.1 Å². The summed E-state index contributed by atoms with van der Waals surface area (Å²) >= 11 is 0. The highest BCUT2D eigenvalue weighted by Gasteiger charge is 2.27. The van der Waals surface area contributed by atoms with Gasteiger partial charge in [-0.2, -0.15) is 0 Å². The van der Waals surface area contributed by atoms with E-state index in [2.05, 4.69) is 74.6 Å². The normalized spacial score (nSPS) is 14.2. The molecular formula is C46H83NO8P+. The van der Waals surface area contributed by atoms with Crippen LogP contribution in [0.2, 0.25) is 0 Å². The number of phosphoric ester groups is 1. The van der Waals surface area contributed by atoms with E-state index in [-0.39, 0.29) is 26.1 Å². The maximum Gasteiger partial charge on any atom is 0.472 e. The van der Waals surface area contributed by atoms with Gasteiger partial charge in [-0.3, -0.25) is 18.6 Å². The number of carbonyl (C=O) groups excluding carboxylic acids is 2. The van der Waals surface area contributed by atoms with E-state index < -0.39 is 32.5 Å². The Morgan fingerprint density at radius 1 is 0.554 bits per heavy atom. The van der Waals surface area contributed by atoms with Crippen LogP contribution in [-0.2, 0) is 32.7 Å². The molecule has 0 amide bonds. The number of hydrogen-bond acceptors (Lipinski definition) is 7. The summed E-state index contributed by atoms with van der Waals surface area (Å²) in [6.45, 7) is 4.28. The summed E-state index contributed by atoms with van der Waals surface area (Å²) in [6.07, 6.45) is 45.5. The van der Waals surface area contributed by atoms with E-state index in [0.29, 0.717) is 23.9 Å². The molecular weight excluding hydrogens is 725 g/mol. The van der Waals surface area contributed by atoms with Gasteiger partial charge in [-0.05, 0) is 77.0 Å². The average Bonchev–Trinajstić information content (AvgIpc) is 3.15. The van der Waals surface area contributed by atoms with E-state index >= 15 is 0 Å². The molecule has 1 unspecified atom stereocenters. The topological polar surface area (TPSA) is 108 Å². The molecule has 0 aliphatic carbocycles. The van der Waals surface area contributed by atoms with Gasteiger partial charge in [-0.1, -0.05) is 139 Å². The lowest BCUT2D eigenvalue weighted by atomic mass is 10.1. The molecule has 0 aliphatic heterocycles. The first-order chi connectivity index (χ1) is 27.0. The highest BCUT2D eigenvalue weighted by molar-refractivity contribution is 7.47. The van der Waals surface area contributed by atoms with E-state index in [1.54, 1.807) is 0 Å². The Bertz CT molecular complexity index is 1140. The number of likely N-dealkylation sites (N-methyl/N-ethyl adjacent to an activating group) is 1. The molecule has 0 heterocycles. The SMILES string of the molecule is CCC/C=C/C/C=C/C/C=C/C/C=C/CCCCCC(=O)OC[C@H](COP(=O)(O)OCC[N+](C)(C)C)OC(=O)CCCC/C=C/CCCCCCCCCCC. The van der Waals surface area contributed by atoms with Crippen LogP contribution in [0, 0.1) is 0 Å². The Morgan fingerprint density at radius 3 is 1.55 bits per heavy atom. The van der Waals surface area contributed by atoms with E-state index in [4.69, 9.17) is 18.5 Å². The second-order valence-corrected chi connectivity index (χ2v) is 17.2. The van der Waals surface area contributed by atoms with Crippen molar-refractivity contribution in [2.24, 2.45) is 0 Å². The summed E-state index contributed by atoms with van der Waals surface area (Å²) in [5.74, 6) is -0.864. The lowest BCUT2D eigenvalue weighted by Crippen LogP contribution is -2.37. The van der Waals surface area contributed by atoms with Crippen molar-refractivity contribution in [1.29, 1.82) is 0 Å². The Labute approximate surface area is 343 Å². The summed E-state index contributed by atoms with van der Waals surface area (Å²) < 4.78 is 34.2. The summed E-state index contributed by atoms with van der Waals surface area (Å²) in [6, 6.07) is 0. The van der Waals surface area contributed by atoms with Crippen molar-refractivity contribution in [3.8, 4) is 0 Å². The van der Waals surface area contributed by atoms with Gasteiger partial charge in [0.25, 0.3) is 0 Å². The molecule has 2 atom stereocenters. The highest BCUT2D eigenvalue weighted by atomic mass is 31.2. The number of carbonyl (C=O) groups is 2. The average molecular weight is 809 g/mol. The Morgan fingerprint density at radius 2 is 1.00 bits per heavy atom. The van der Waals surface area contributed by atoms with Crippen molar-refractivity contribution in [2.45, 2.75) is 174 Å². The van der Waals surface area contributed by atoms with Crippen molar-refractivity contribution in [3.63, 3.8) is 0 Å². The number of hydrogen-bond donors (Lipinski definition) is 1. The van der Waals surface area contributed by atoms with Crippen LogP contribution in [0.5, 0.6) is 0 Å². The van der Waals surface area contributed by atoms with E-state index in [1.807, 2.05) is 21.1 Å². The molecule has 1 N–H and O–H groups in total. The minimum absolute atomic E-state index is 0.0205. The number of rotatable bonds is 39. The molecule has 0 rings (SSSR count). The van der Waals surface area contributed by atoms with Crippen molar-refractivity contribution in [2.75, 3.05) is 47.5 Å². The first-order valence-corrected chi connectivity index (χ1v) is 23.5. The summed E-state index contributed by atoms with van der Waals surface area (Å²) in [5.41, 5.74) is 0. The van der Waals surface area contributed by atoms with Gasteiger partial charge in [0.2, 0.25) is 0 Å². The predicted molar refractivity (Wildman–Crippen MR) is 233 cm³/mol. The van der Waals surface area contributed by atoms with Crippen molar-refractivity contribution >= 4 is 19.8 Å². The quantitative estimate of drug-likeness (QED) is 0.0215. The monoisotopic (exact) mass is 809 g/mol. The fraction of sp³-hybridized carbons (Fsp3) is 0.739. The fourth-order valence-corrected chi connectivity index (χ4v) is 6.27. The van der Waals surface area contributed by atoms with Gasteiger partial charge in [0.1, 0.15) is 19.8 Å². The molecule has 0 saturated carbocycles. The van der Waals surface area contributed by atoms with Crippen LogP contribution in [0.3, 0.4) is 0 Å². The van der Waals surface area contributed by atoms with E-state index in [0.717, 1.165) is 64.2 Å². The smallest absolute Gasteiger partial charge is 0.462 e. The molecule has 324 valence electrons. The number of allylic oxidation sites excluding steroid dienone is 10. The number of nitrogens with zero attached hydrogens (tertiary/aromatic N) is 1. The Balaban J connectivity index is 4.46. The van der Waals surface area contributed by atoms with Gasteiger partial charge >= 0.3 is 19.8 Å². The second kappa shape index (κ2) is 38.2. The summed E-state index contributed by atoms with van der Waals surface area (Å²) in [5, 5.41) is 0. The summed E-state index contributed by atoms with van der Waals surface area (Å²) in [4.78, 5) is 35.3. The molecule has 0 bridgehead atoms. The zero-order valence-electron chi connectivity index (χ0n) is 36.3. The van der Waals surface area contributed by atoms with Gasteiger partial charge in [0, 0.05) is 12.8 Å². The van der Waals surface area contributed by atoms with Gasteiger partial charge in [0.05, 0.1) is 27.7 Å². The molecule has 0 radical (unpaired) electrons. The number of phosphoric acid groups is 1. The number of ether oxygens (including phenoxy) is 2. The van der Waals surface area contributed by atoms with Crippen molar-refractivity contribution in [3.05, 3.63) is 60.8 Å². The molecule has 0 aromatic carbocycles. The molecule has 10 heteroatoms. The van der Waals surface area contributed by atoms with Crippen LogP contribution < -0.4 is 0 Å². The molecule has 0 spiro atoms. The zero-order chi connectivity index (χ0) is 41.4. The van der Waals surface area contributed by atoms with Crippen LogP contribution in [-0.4, -0.2) is 74.9 Å². The molecule has 0 aromatic rings. The number of unbranched alkanes of at least 4 members (excludes halogenated alkanes) is 15. The largest absolute Gasteiger partial charge is 0.472 e. The fourth-order valence-electron chi connectivity index (χ4n) is 5.53. The van der Waals surface area contributed by atoms with Gasteiger partial charge in [0.15, 0.2) is 6.10 Å². The molecule has 0 aliphatic rings. The molecule has 9 nitrogen and oxygen atoms in total. The van der Waals surface area contributed by atoms with Crippen LogP contribution in [0.1, 0.15) is 168 Å². The van der Waals surface area contributed by atoms with E-state index in [1.165, 1.54) is 64.2 Å². The van der Waals surface area contributed by atoms with Crippen molar-refractivity contribution in [1.82, 2.24) is 0 Å². The van der Waals surface area contributed by atoms with Crippen LogP contribution >= 0.6 is 7.82 Å². The lowest BCUT2D eigenvalue weighted by molar-refractivity contribution is -0.870. The maximum absolute atomic E-state index is 12.7. The summed E-state index contributed by atoms with van der Waals surface area (Å²) in [7, 11) is 1.44. The minimum Gasteiger partial charge on any atom is -0.462 e. The lowest BCUT2D eigenvalue weighted by Gasteiger charge is -2.24. The Hall–Kier alpha value is -2.29. The van der Waals surface area contributed by atoms with Crippen LogP contribution in [0.4, 0.5) is 0 Å². The Kier molecular flexibility index (Phi) is 36.7. The first-order valence-electron chi connectivity index (χ1n) is 22.0. The van der Waals surface area contributed by atoms with Crippen LogP contribution in [0.15, 0.2) is 60.8 Å². The second-order valence-electron chi connectivity index (χ2n) is 15.7. The minimum atomic E-state index is -4.39. The zero-order valence-corrected chi connectivity index (χ0v) is 37.2. The third kappa shape index (κ3) is 41.3. The van der Waals surface area contributed by atoms with Gasteiger partial charge < -0.3 is 18.9 Å². The maximum atomic E-state index is 12.7.